The number of nitrogens with zero attached hydrogens (tertiary/aromatic N) is 1. The quantitative estimate of drug-likeness (QED) is 0.759. The molecule has 1 aromatic carbocycles. The van der Waals surface area contributed by atoms with E-state index in [0.717, 1.165) is 5.56 Å². The largest absolute Gasteiger partial charge is 0.598 e. The normalized spacial score (nSPS) is 20.4. The fourth-order valence-corrected chi connectivity index (χ4v) is 3.67. The van der Waals surface area contributed by atoms with Gasteiger partial charge in [-0.05, 0) is 32.8 Å². The molecule has 0 bridgehead atoms. The first kappa shape index (κ1) is 21.8. The van der Waals surface area contributed by atoms with Gasteiger partial charge in [0.05, 0.1) is 0 Å². The molecule has 0 aliphatic carbocycles. The second-order valence-electron chi connectivity index (χ2n) is 7.55. The summed E-state index contributed by atoms with van der Waals surface area (Å²) in [6, 6.07) is 7.11. The molecule has 152 valence electrons. The molecule has 1 heterocycles. The summed E-state index contributed by atoms with van der Waals surface area (Å²) >= 11 is -1.86. The summed E-state index contributed by atoms with van der Waals surface area (Å²) < 4.78 is 59.2. The van der Waals surface area contributed by atoms with Crippen LogP contribution in [-0.2, 0) is 22.7 Å². The van der Waals surface area contributed by atoms with E-state index in [1.165, 1.54) is 4.90 Å². The summed E-state index contributed by atoms with van der Waals surface area (Å²) in [6.07, 6.45) is -5.03. The lowest BCUT2D eigenvalue weighted by molar-refractivity contribution is -0.162. The minimum atomic E-state index is -4.56. The van der Waals surface area contributed by atoms with Gasteiger partial charge in [-0.1, -0.05) is 30.3 Å². The Morgan fingerprint density at radius 2 is 1.96 bits per heavy atom. The lowest BCUT2D eigenvalue weighted by Gasteiger charge is -2.31. The van der Waals surface area contributed by atoms with Crippen LogP contribution < -0.4 is 4.72 Å². The zero-order valence-corrected chi connectivity index (χ0v) is 16.4. The molecule has 2 rings (SSSR count). The van der Waals surface area contributed by atoms with Crippen LogP contribution in [0.4, 0.5) is 18.0 Å². The van der Waals surface area contributed by atoms with E-state index in [9.17, 15) is 22.5 Å². The van der Waals surface area contributed by atoms with Crippen molar-refractivity contribution in [1.29, 1.82) is 0 Å². The number of carbonyl (C=O) groups is 1. The smallest absolute Gasteiger partial charge is 0.410 e. The number of benzene rings is 1. The summed E-state index contributed by atoms with van der Waals surface area (Å²) in [5, 5.41) is 0. The molecule has 1 aliphatic rings. The third-order valence-electron chi connectivity index (χ3n) is 4.30. The maximum Gasteiger partial charge on any atom is 0.410 e. The number of halogens is 3. The molecule has 1 N–H and O–H groups in total. The predicted octanol–water partition coefficient (Wildman–Crippen LogP) is 3.63. The van der Waals surface area contributed by atoms with Crippen molar-refractivity contribution in [2.75, 3.05) is 13.1 Å². The molecule has 1 fully saturated rings. The number of nitrogens with one attached hydrogen (secondary N) is 1. The van der Waals surface area contributed by atoms with Crippen molar-refractivity contribution in [3.05, 3.63) is 35.9 Å². The van der Waals surface area contributed by atoms with Gasteiger partial charge in [-0.25, -0.2) is 4.79 Å². The van der Waals surface area contributed by atoms with Crippen LogP contribution in [0.15, 0.2) is 30.3 Å². The van der Waals surface area contributed by atoms with Gasteiger partial charge in [0.25, 0.3) is 0 Å². The summed E-state index contributed by atoms with van der Waals surface area (Å²) in [6.45, 7) is 4.96. The SMILES string of the molecule is CC(C)(C)[S+]([O-])NC([C@@H]1CCN(C(=O)OCc2ccccc2)C1)C(F)(F)F. The summed E-state index contributed by atoms with van der Waals surface area (Å²) in [5.74, 6) is -0.874. The number of alkyl halides is 3. The molecule has 1 aliphatic heterocycles. The Bertz CT molecular complexity index is 623. The Morgan fingerprint density at radius 3 is 2.52 bits per heavy atom. The molecule has 9 heteroatoms. The number of ether oxygens (including phenoxy) is 1. The van der Waals surface area contributed by atoms with Gasteiger partial charge >= 0.3 is 12.3 Å². The third kappa shape index (κ3) is 6.29. The number of hydrogen-bond acceptors (Lipinski definition) is 4. The molecule has 1 aromatic rings. The van der Waals surface area contributed by atoms with Crippen molar-refractivity contribution in [1.82, 2.24) is 9.62 Å². The summed E-state index contributed by atoms with van der Waals surface area (Å²) in [7, 11) is 0. The highest BCUT2D eigenvalue weighted by Gasteiger charge is 2.51. The van der Waals surface area contributed by atoms with E-state index >= 15 is 0 Å². The van der Waals surface area contributed by atoms with Gasteiger partial charge in [-0.15, -0.1) is 4.72 Å². The Morgan fingerprint density at radius 1 is 1.33 bits per heavy atom. The molecule has 2 unspecified atom stereocenters. The zero-order chi connectivity index (χ0) is 20.2. The van der Waals surface area contributed by atoms with E-state index in [1.54, 1.807) is 32.9 Å². The maximum absolute atomic E-state index is 13.5. The van der Waals surface area contributed by atoms with Crippen LogP contribution in [0.3, 0.4) is 0 Å². The van der Waals surface area contributed by atoms with Crippen molar-refractivity contribution in [2.24, 2.45) is 5.92 Å². The van der Waals surface area contributed by atoms with E-state index in [-0.39, 0.29) is 26.1 Å². The highest BCUT2D eigenvalue weighted by Crippen LogP contribution is 2.33. The zero-order valence-electron chi connectivity index (χ0n) is 15.6. The molecule has 0 aromatic heterocycles. The second-order valence-corrected chi connectivity index (χ2v) is 9.55. The Labute approximate surface area is 160 Å². The first-order chi connectivity index (χ1) is 12.5. The Balaban J connectivity index is 1.95. The number of likely N-dealkylation sites (tertiary alicyclic amines) is 1. The van der Waals surface area contributed by atoms with Crippen molar-refractivity contribution >= 4 is 17.5 Å². The molecule has 0 saturated carbocycles. The molecule has 27 heavy (non-hydrogen) atoms. The van der Waals surface area contributed by atoms with E-state index in [1.807, 2.05) is 18.2 Å². The van der Waals surface area contributed by atoms with Crippen molar-refractivity contribution in [2.45, 2.75) is 50.8 Å². The maximum atomic E-state index is 13.5. The number of hydrogen-bond donors (Lipinski definition) is 1. The predicted molar refractivity (Wildman–Crippen MR) is 97.2 cm³/mol. The average molecular weight is 406 g/mol. The highest BCUT2D eigenvalue weighted by molar-refractivity contribution is 7.90. The van der Waals surface area contributed by atoms with Crippen LogP contribution in [0, 0.1) is 5.92 Å². The highest BCUT2D eigenvalue weighted by atomic mass is 32.2. The molecule has 0 spiro atoms. The van der Waals surface area contributed by atoms with Gasteiger partial charge in [0.1, 0.15) is 11.4 Å². The van der Waals surface area contributed by atoms with Crippen molar-refractivity contribution in [3.8, 4) is 0 Å². The Kier molecular flexibility index (Phi) is 7.04. The van der Waals surface area contributed by atoms with Gasteiger partial charge in [-0.2, -0.15) is 13.2 Å². The molecule has 5 nitrogen and oxygen atoms in total. The van der Waals surface area contributed by atoms with Crippen LogP contribution in [0.1, 0.15) is 32.8 Å². The number of amides is 1. The lowest BCUT2D eigenvalue weighted by atomic mass is 9.99. The molecule has 1 amide bonds. The standard InChI is InChI=1S/C18H25F3N2O3S/c1-17(2,3)27(25)22-15(18(19,20)21)14-9-10-23(11-14)16(24)26-12-13-7-5-4-6-8-13/h4-8,14-15,22H,9-12H2,1-3H3/t14-,15?,27?/m1/s1. The van der Waals surface area contributed by atoms with Crippen molar-refractivity contribution < 1.29 is 27.3 Å². The lowest BCUT2D eigenvalue weighted by Crippen LogP contribution is -2.54. The Hall–Kier alpha value is -1.45. The van der Waals surface area contributed by atoms with Crippen LogP contribution in [0.5, 0.6) is 0 Å². The molecule has 3 atom stereocenters. The molecular weight excluding hydrogens is 381 g/mol. The summed E-state index contributed by atoms with van der Waals surface area (Å²) in [5.41, 5.74) is 0.803. The minimum Gasteiger partial charge on any atom is -0.598 e. The van der Waals surface area contributed by atoms with Gasteiger partial charge in [-0.3, -0.25) is 0 Å². The van der Waals surface area contributed by atoms with E-state index in [2.05, 4.69) is 4.72 Å². The van der Waals surface area contributed by atoms with Gasteiger partial charge in [0, 0.05) is 30.4 Å². The van der Waals surface area contributed by atoms with Crippen LogP contribution >= 0.6 is 0 Å². The average Bonchev–Trinajstić information content (AvgIpc) is 3.06. The molecular formula is C18H25F3N2O3S. The van der Waals surface area contributed by atoms with Crippen LogP contribution in [0.2, 0.25) is 0 Å². The molecule has 1 saturated heterocycles. The third-order valence-corrected chi connectivity index (χ3v) is 5.88. The van der Waals surface area contributed by atoms with E-state index < -0.39 is 40.3 Å². The van der Waals surface area contributed by atoms with Gasteiger partial charge in [0.2, 0.25) is 0 Å². The fraction of sp³-hybridized carbons (Fsp3) is 0.611. The van der Waals surface area contributed by atoms with Crippen LogP contribution in [-0.4, -0.2) is 45.6 Å². The second kappa shape index (κ2) is 8.70. The van der Waals surface area contributed by atoms with Crippen molar-refractivity contribution in [3.63, 3.8) is 0 Å². The first-order valence-electron chi connectivity index (χ1n) is 8.69. The fourth-order valence-electron chi connectivity index (χ4n) is 2.76. The topological polar surface area (TPSA) is 64.6 Å². The van der Waals surface area contributed by atoms with Crippen LogP contribution in [0.25, 0.3) is 0 Å². The summed E-state index contributed by atoms with van der Waals surface area (Å²) in [4.78, 5) is 13.4. The van der Waals surface area contributed by atoms with E-state index in [0.29, 0.717) is 0 Å². The minimum absolute atomic E-state index is 0.0653. The van der Waals surface area contributed by atoms with Gasteiger partial charge in [0.15, 0.2) is 6.04 Å². The number of rotatable bonds is 5. The first-order valence-corrected chi connectivity index (χ1v) is 9.84. The van der Waals surface area contributed by atoms with Gasteiger partial charge < -0.3 is 14.2 Å². The monoisotopic (exact) mass is 406 g/mol. The molecule has 0 radical (unpaired) electrons. The van der Waals surface area contributed by atoms with E-state index in [4.69, 9.17) is 4.74 Å². The number of carbonyl (C=O) groups excluding carboxylic acids is 1.